The Balaban J connectivity index is 1.84. The molecule has 0 bridgehead atoms. The predicted octanol–water partition coefficient (Wildman–Crippen LogP) is 4.61. The minimum absolute atomic E-state index is 0.0838. The summed E-state index contributed by atoms with van der Waals surface area (Å²) in [4.78, 5) is 37.9. The molecule has 1 aliphatic heterocycles. The molecule has 1 N–H and O–H groups in total. The minimum Gasteiger partial charge on any atom is -0.462 e. The number of carbonyl (C=O) groups is 3. The molecule has 2 aromatic carbocycles. The summed E-state index contributed by atoms with van der Waals surface area (Å²) in [7, 11) is 0. The van der Waals surface area contributed by atoms with Crippen LogP contribution in [0.4, 0.5) is 11.4 Å². The lowest BCUT2D eigenvalue weighted by Crippen LogP contribution is -2.32. The lowest BCUT2D eigenvalue weighted by molar-refractivity contribution is -0.120. The molecule has 0 unspecified atom stereocenters. The molecule has 144 valence electrons. The molecule has 0 atom stereocenters. The Labute approximate surface area is 175 Å². The fourth-order valence-electron chi connectivity index (χ4n) is 2.53. The number of rotatable bonds is 5. The normalized spacial score (nSPS) is 13.9. The number of imide groups is 1. The summed E-state index contributed by atoms with van der Waals surface area (Å²) in [6, 6.07) is 10.5. The quantitative estimate of drug-likeness (QED) is 0.544. The van der Waals surface area contributed by atoms with Gasteiger partial charge in [0.2, 0.25) is 0 Å². The molecule has 0 aromatic heterocycles. The van der Waals surface area contributed by atoms with Crippen molar-refractivity contribution in [3.63, 3.8) is 0 Å². The van der Waals surface area contributed by atoms with Crippen LogP contribution in [-0.4, -0.2) is 24.4 Å². The van der Waals surface area contributed by atoms with Crippen molar-refractivity contribution in [2.45, 2.75) is 6.92 Å². The van der Waals surface area contributed by atoms with Gasteiger partial charge in [-0.2, -0.15) is 0 Å². The third-order valence-electron chi connectivity index (χ3n) is 3.85. The van der Waals surface area contributed by atoms with E-state index in [-0.39, 0.29) is 28.0 Å². The lowest BCUT2D eigenvalue weighted by Gasteiger charge is -2.15. The first-order valence-electron chi connectivity index (χ1n) is 8.11. The summed E-state index contributed by atoms with van der Waals surface area (Å²) < 4.78 is 4.91. The van der Waals surface area contributed by atoms with Gasteiger partial charge >= 0.3 is 5.97 Å². The van der Waals surface area contributed by atoms with Gasteiger partial charge in [0.15, 0.2) is 0 Å². The largest absolute Gasteiger partial charge is 0.462 e. The van der Waals surface area contributed by atoms with E-state index in [1.165, 1.54) is 30.3 Å². The van der Waals surface area contributed by atoms with E-state index in [2.05, 4.69) is 5.32 Å². The Hall–Kier alpha value is -2.54. The van der Waals surface area contributed by atoms with Gasteiger partial charge in [0.05, 0.1) is 27.9 Å². The summed E-state index contributed by atoms with van der Waals surface area (Å²) in [5, 5.41) is 3.18. The van der Waals surface area contributed by atoms with Gasteiger partial charge < -0.3 is 10.1 Å². The SMILES string of the molecule is CCOC(=O)c1ccc(N2C(=O)C(Cl)=C(Nc3ccc(Cl)c(Cl)c3)C2=O)cc1. The number of anilines is 2. The summed E-state index contributed by atoms with van der Waals surface area (Å²) in [6.45, 7) is 1.94. The Morgan fingerprint density at radius 2 is 1.68 bits per heavy atom. The average molecular weight is 440 g/mol. The number of nitrogens with zero attached hydrogens (tertiary/aromatic N) is 1. The zero-order valence-electron chi connectivity index (χ0n) is 14.5. The van der Waals surface area contributed by atoms with Crippen molar-refractivity contribution in [1.82, 2.24) is 0 Å². The van der Waals surface area contributed by atoms with Crippen LogP contribution in [0.5, 0.6) is 0 Å². The van der Waals surface area contributed by atoms with Gasteiger partial charge in [-0.3, -0.25) is 9.59 Å². The molecule has 0 fully saturated rings. The average Bonchev–Trinajstić information content (AvgIpc) is 2.88. The number of nitrogens with one attached hydrogen (secondary N) is 1. The molecule has 9 heteroatoms. The number of benzene rings is 2. The number of hydrogen-bond acceptors (Lipinski definition) is 5. The summed E-state index contributed by atoms with van der Waals surface area (Å²) in [6.07, 6.45) is 0. The summed E-state index contributed by atoms with van der Waals surface area (Å²) >= 11 is 17.9. The second kappa shape index (κ2) is 8.22. The second-order valence-electron chi connectivity index (χ2n) is 5.66. The number of carbonyl (C=O) groups excluding carboxylic acids is 3. The van der Waals surface area contributed by atoms with E-state index in [0.717, 1.165) is 4.90 Å². The standard InChI is InChI=1S/C19H13Cl3N2O4/c1-2-28-19(27)10-3-6-12(7-4-10)24-17(25)15(22)16(18(24)26)23-11-5-8-13(20)14(21)9-11/h3-9,23H,2H2,1H3. The highest BCUT2D eigenvalue weighted by atomic mass is 35.5. The van der Waals surface area contributed by atoms with E-state index >= 15 is 0 Å². The van der Waals surface area contributed by atoms with E-state index in [1.54, 1.807) is 19.1 Å². The maximum Gasteiger partial charge on any atom is 0.338 e. The van der Waals surface area contributed by atoms with E-state index in [0.29, 0.717) is 16.3 Å². The Morgan fingerprint density at radius 1 is 1.00 bits per heavy atom. The summed E-state index contributed by atoms with van der Waals surface area (Å²) in [5.74, 6) is -1.81. The zero-order valence-corrected chi connectivity index (χ0v) is 16.7. The topological polar surface area (TPSA) is 75.7 Å². The molecule has 0 spiro atoms. The molecule has 0 aliphatic carbocycles. The highest BCUT2D eigenvalue weighted by Crippen LogP contribution is 2.32. The van der Waals surface area contributed by atoms with E-state index in [4.69, 9.17) is 39.5 Å². The van der Waals surface area contributed by atoms with Crippen LogP contribution in [0.25, 0.3) is 0 Å². The number of ether oxygens (including phenoxy) is 1. The third-order valence-corrected chi connectivity index (χ3v) is 4.94. The van der Waals surface area contributed by atoms with Crippen LogP contribution in [0.2, 0.25) is 10.0 Å². The smallest absolute Gasteiger partial charge is 0.338 e. The van der Waals surface area contributed by atoms with Gasteiger partial charge in [-0.05, 0) is 49.4 Å². The molecule has 2 aromatic rings. The van der Waals surface area contributed by atoms with E-state index in [9.17, 15) is 14.4 Å². The first-order chi connectivity index (χ1) is 13.3. The van der Waals surface area contributed by atoms with E-state index < -0.39 is 17.8 Å². The first-order valence-corrected chi connectivity index (χ1v) is 9.24. The van der Waals surface area contributed by atoms with Gasteiger partial charge in [-0.25, -0.2) is 9.69 Å². The molecule has 28 heavy (non-hydrogen) atoms. The molecular weight excluding hydrogens is 427 g/mol. The third kappa shape index (κ3) is 3.85. The van der Waals surface area contributed by atoms with Crippen LogP contribution in [0.15, 0.2) is 53.2 Å². The maximum atomic E-state index is 12.8. The number of amides is 2. The van der Waals surface area contributed by atoms with Crippen molar-refractivity contribution in [3.05, 3.63) is 68.8 Å². The van der Waals surface area contributed by atoms with Crippen molar-refractivity contribution in [2.24, 2.45) is 0 Å². The van der Waals surface area contributed by atoms with Crippen molar-refractivity contribution < 1.29 is 19.1 Å². The van der Waals surface area contributed by atoms with Crippen LogP contribution in [0.1, 0.15) is 17.3 Å². The van der Waals surface area contributed by atoms with Crippen LogP contribution in [-0.2, 0) is 14.3 Å². The fourth-order valence-corrected chi connectivity index (χ4v) is 3.04. The summed E-state index contributed by atoms with van der Waals surface area (Å²) in [5.41, 5.74) is 0.938. The number of hydrogen-bond donors (Lipinski definition) is 1. The Bertz CT molecular complexity index is 1000. The van der Waals surface area contributed by atoms with E-state index in [1.807, 2.05) is 0 Å². The molecule has 6 nitrogen and oxygen atoms in total. The van der Waals surface area contributed by atoms with Gasteiger partial charge in [0.1, 0.15) is 10.7 Å². The van der Waals surface area contributed by atoms with Gasteiger partial charge in [0, 0.05) is 5.69 Å². The molecule has 3 rings (SSSR count). The lowest BCUT2D eigenvalue weighted by atomic mass is 10.2. The molecule has 1 heterocycles. The van der Waals surface area contributed by atoms with Crippen LogP contribution in [0.3, 0.4) is 0 Å². The van der Waals surface area contributed by atoms with Gasteiger partial charge in [-0.1, -0.05) is 34.8 Å². The van der Waals surface area contributed by atoms with Crippen LogP contribution in [0, 0.1) is 0 Å². The minimum atomic E-state index is -0.682. The number of esters is 1. The first kappa shape index (κ1) is 20.2. The van der Waals surface area contributed by atoms with Gasteiger partial charge in [-0.15, -0.1) is 0 Å². The van der Waals surface area contributed by atoms with Gasteiger partial charge in [0.25, 0.3) is 11.8 Å². The highest BCUT2D eigenvalue weighted by Gasteiger charge is 2.39. The Kier molecular flexibility index (Phi) is 5.93. The molecule has 0 radical (unpaired) electrons. The fraction of sp³-hybridized carbons (Fsp3) is 0.105. The van der Waals surface area contributed by atoms with Crippen molar-refractivity contribution in [1.29, 1.82) is 0 Å². The monoisotopic (exact) mass is 438 g/mol. The zero-order chi connectivity index (χ0) is 20.4. The van der Waals surface area contributed by atoms with Crippen molar-refractivity contribution in [2.75, 3.05) is 16.8 Å². The van der Waals surface area contributed by atoms with Crippen molar-refractivity contribution >= 4 is 64.0 Å². The molecular formula is C19H13Cl3N2O4. The second-order valence-corrected chi connectivity index (χ2v) is 6.85. The molecule has 0 saturated heterocycles. The number of halogens is 3. The Morgan fingerprint density at radius 3 is 2.29 bits per heavy atom. The van der Waals surface area contributed by atoms with Crippen molar-refractivity contribution in [3.8, 4) is 0 Å². The maximum absolute atomic E-state index is 12.8. The molecule has 0 saturated carbocycles. The molecule has 2 amide bonds. The molecule has 1 aliphatic rings. The van der Waals surface area contributed by atoms with Crippen LogP contribution < -0.4 is 10.2 Å². The van der Waals surface area contributed by atoms with Crippen LogP contribution >= 0.6 is 34.8 Å². The highest BCUT2D eigenvalue weighted by molar-refractivity contribution is 6.53. The predicted molar refractivity (Wildman–Crippen MR) is 108 cm³/mol.